The van der Waals surface area contributed by atoms with Gasteiger partial charge in [-0.15, -0.1) is 0 Å². The van der Waals surface area contributed by atoms with Gasteiger partial charge in [0.15, 0.2) is 0 Å². The molecule has 1 aromatic carbocycles. The van der Waals surface area contributed by atoms with Crippen molar-refractivity contribution in [3.63, 3.8) is 0 Å². The van der Waals surface area contributed by atoms with Crippen LogP contribution < -0.4 is 10.5 Å². The highest BCUT2D eigenvalue weighted by Crippen LogP contribution is 2.35. The Morgan fingerprint density at radius 3 is 2.89 bits per heavy atom. The third-order valence-corrected chi connectivity index (χ3v) is 4.32. The van der Waals surface area contributed by atoms with Gasteiger partial charge in [-0.2, -0.15) is 0 Å². The fraction of sp³-hybridized carbons (Fsp3) is 0.538. The van der Waals surface area contributed by atoms with Crippen molar-refractivity contribution in [2.24, 2.45) is 5.73 Å². The lowest BCUT2D eigenvalue weighted by molar-refractivity contribution is 0.254. The lowest BCUT2D eigenvalue weighted by Gasteiger charge is -2.30. The molecule has 0 aliphatic carbocycles. The molecule has 1 aliphatic rings. The maximum atomic E-state index is 11.2. The van der Waals surface area contributed by atoms with Gasteiger partial charge in [0.05, 0.1) is 12.4 Å². The summed E-state index contributed by atoms with van der Waals surface area (Å²) in [5.74, 6) is 1.22. The van der Waals surface area contributed by atoms with Gasteiger partial charge in [0.2, 0.25) is 0 Å². The van der Waals surface area contributed by atoms with Crippen LogP contribution in [0.25, 0.3) is 0 Å². The van der Waals surface area contributed by atoms with Gasteiger partial charge in [0.1, 0.15) is 15.6 Å². The zero-order valence-corrected chi connectivity index (χ0v) is 11.3. The molecule has 1 aliphatic heterocycles. The number of ether oxygens (including phenoxy) is 1. The highest BCUT2D eigenvalue weighted by molar-refractivity contribution is 7.90. The monoisotopic (exact) mass is 269 g/mol. The summed E-state index contributed by atoms with van der Waals surface area (Å²) in [6.45, 7) is 0.647. The van der Waals surface area contributed by atoms with Crippen molar-refractivity contribution in [3.8, 4) is 5.75 Å². The van der Waals surface area contributed by atoms with Crippen molar-refractivity contribution in [1.29, 1.82) is 0 Å². The van der Waals surface area contributed by atoms with Crippen LogP contribution >= 0.6 is 0 Å². The minimum Gasteiger partial charge on any atom is -0.493 e. The Morgan fingerprint density at radius 1 is 1.44 bits per heavy atom. The normalized spacial score (nSPS) is 20.9. The van der Waals surface area contributed by atoms with Gasteiger partial charge in [-0.3, -0.25) is 0 Å². The molecule has 100 valence electrons. The van der Waals surface area contributed by atoms with E-state index in [0.29, 0.717) is 13.0 Å². The minimum atomic E-state index is -2.95. The zero-order valence-electron chi connectivity index (χ0n) is 10.5. The first-order valence-corrected chi connectivity index (χ1v) is 8.18. The predicted molar refractivity (Wildman–Crippen MR) is 71.6 cm³/mol. The standard InChI is InChI=1S/C13H19NO3S/c1-18(15,16)9-7-12(14)10-6-8-17-13-5-3-2-4-11(10)13/h2-5,10,12H,6-9,14H2,1H3. The summed E-state index contributed by atoms with van der Waals surface area (Å²) >= 11 is 0. The van der Waals surface area contributed by atoms with Crippen molar-refractivity contribution >= 4 is 9.84 Å². The first kappa shape index (κ1) is 13.4. The highest BCUT2D eigenvalue weighted by atomic mass is 32.2. The summed E-state index contributed by atoms with van der Waals surface area (Å²) in [5.41, 5.74) is 7.25. The van der Waals surface area contributed by atoms with Gasteiger partial charge in [0, 0.05) is 18.2 Å². The lowest BCUT2D eigenvalue weighted by Crippen LogP contribution is -2.33. The quantitative estimate of drug-likeness (QED) is 0.895. The Kier molecular flexibility index (Phi) is 3.92. The van der Waals surface area contributed by atoms with E-state index in [4.69, 9.17) is 10.5 Å². The Labute approximate surface area is 108 Å². The molecule has 5 heteroatoms. The van der Waals surface area contributed by atoms with E-state index in [2.05, 4.69) is 0 Å². The molecule has 2 unspecified atom stereocenters. The van der Waals surface area contributed by atoms with Crippen molar-refractivity contribution in [2.75, 3.05) is 18.6 Å². The Morgan fingerprint density at radius 2 is 2.17 bits per heavy atom. The van der Waals surface area contributed by atoms with Gasteiger partial charge in [-0.25, -0.2) is 8.42 Å². The molecule has 0 fully saturated rings. The molecule has 0 saturated carbocycles. The van der Waals surface area contributed by atoms with Gasteiger partial charge in [0.25, 0.3) is 0 Å². The average Bonchev–Trinajstić information content (AvgIpc) is 2.34. The minimum absolute atomic E-state index is 0.134. The van der Waals surface area contributed by atoms with Crippen molar-refractivity contribution in [1.82, 2.24) is 0 Å². The molecule has 1 heterocycles. The molecule has 1 aromatic rings. The number of fused-ring (bicyclic) bond motifs is 1. The second-order valence-electron chi connectivity index (χ2n) is 4.86. The van der Waals surface area contributed by atoms with E-state index in [1.165, 1.54) is 6.26 Å². The smallest absolute Gasteiger partial charge is 0.147 e. The number of nitrogens with two attached hydrogens (primary N) is 1. The topological polar surface area (TPSA) is 69.4 Å². The molecule has 18 heavy (non-hydrogen) atoms. The van der Waals surface area contributed by atoms with Crippen LogP contribution in [-0.4, -0.2) is 33.1 Å². The maximum absolute atomic E-state index is 11.2. The van der Waals surface area contributed by atoms with E-state index in [1.807, 2.05) is 24.3 Å². The summed E-state index contributed by atoms with van der Waals surface area (Å²) in [4.78, 5) is 0. The van der Waals surface area contributed by atoms with Gasteiger partial charge in [-0.05, 0) is 24.5 Å². The van der Waals surface area contributed by atoms with Crippen LogP contribution in [0.1, 0.15) is 24.3 Å². The molecule has 2 atom stereocenters. The van der Waals surface area contributed by atoms with Gasteiger partial charge >= 0.3 is 0 Å². The third-order valence-electron chi connectivity index (χ3n) is 3.34. The summed E-state index contributed by atoms with van der Waals surface area (Å²) in [6, 6.07) is 7.71. The molecule has 0 aromatic heterocycles. The summed E-state index contributed by atoms with van der Waals surface area (Å²) in [6.07, 6.45) is 2.59. The van der Waals surface area contributed by atoms with Gasteiger partial charge in [-0.1, -0.05) is 18.2 Å². The van der Waals surface area contributed by atoms with Crippen LogP contribution in [0.2, 0.25) is 0 Å². The molecule has 2 N–H and O–H groups in total. The second-order valence-corrected chi connectivity index (χ2v) is 7.12. The fourth-order valence-corrected chi connectivity index (χ4v) is 3.07. The highest BCUT2D eigenvalue weighted by Gasteiger charge is 2.26. The number of sulfone groups is 1. The van der Waals surface area contributed by atoms with Crippen molar-refractivity contribution < 1.29 is 13.2 Å². The molecular weight excluding hydrogens is 250 g/mol. The maximum Gasteiger partial charge on any atom is 0.147 e. The second kappa shape index (κ2) is 5.28. The predicted octanol–water partition coefficient (Wildman–Crippen LogP) is 1.31. The molecule has 0 radical (unpaired) electrons. The molecule has 4 nitrogen and oxygen atoms in total. The van der Waals surface area contributed by atoms with Crippen LogP contribution in [0.15, 0.2) is 24.3 Å². The van der Waals surface area contributed by atoms with E-state index in [9.17, 15) is 8.42 Å². The van der Waals surface area contributed by atoms with Crippen LogP contribution in [0, 0.1) is 0 Å². The van der Waals surface area contributed by atoms with Crippen LogP contribution in [0.4, 0.5) is 0 Å². The molecule has 0 saturated heterocycles. The Balaban J connectivity index is 2.10. The zero-order chi connectivity index (χ0) is 13.2. The van der Waals surface area contributed by atoms with Crippen molar-refractivity contribution in [3.05, 3.63) is 29.8 Å². The third kappa shape index (κ3) is 3.23. The Bertz CT molecular complexity index is 513. The number of hydrogen-bond donors (Lipinski definition) is 1. The molecule has 0 amide bonds. The largest absolute Gasteiger partial charge is 0.493 e. The molecule has 2 rings (SSSR count). The van der Waals surface area contributed by atoms with E-state index in [-0.39, 0.29) is 17.7 Å². The number of para-hydroxylation sites is 1. The van der Waals surface area contributed by atoms with Crippen LogP contribution in [-0.2, 0) is 9.84 Å². The lowest BCUT2D eigenvalue weighted by atomic mass is 9.86. The number of hydrogen-bond acceptors (Lipinski definition) is 4. The first-order valence-electron chi connectivity index (χ1n) is 6.12. The summed E-state index contributed by atoms with van der Waals surface area (Å²) < 4.78 is 27.9. The summed E-state index contributed by atoms with van der Waals surface area (Å²) in [5, 5.41) is 0. The number of rotatable bonds is 4. The summed E-state index contributed by atoms with van der Waals surface area (Å²) in [7, 11) is -2.95. The Hall–Kier alpha value is -1.07. The van der Waals surface area contributed by atoms with E-state index in [0.717, 1.165) is 17.7 Å². The van der Waals surface area contributed by atoms with Crippen LogP contribution in [0.5, 0.6) is 5.75 Å². The first-order chi connectivity index (χ1) is 8.47. The molecule has 0 spiro atoms. The molecular formula is C13H19NO3S. The van der Waals surface area contributed by atoms with E-state index < -0.39 is 9.84 Å². The molecule has 0 bridgehead atoms. The van der Waals surface area contributed by atoms with Gasteiger partial charge < -0.3 is 10.5 Å². The number of benzene rings is 1. The van der Waals surface area contributed by atoms with Crippen molar-refractivity contribution in [2.45, 2.75) is 24.8 Å². The fourth-order valence-electron chi connectivity index (χ4n) is 2.37. The van der Waals surface area contributed by atoms with Crippen LogP contribution in [0.3, 0.4) is 0 Å². The average molecular weight is 269 g/mol. The SMILES string of the molecule is CS(=O)(=O)CCC(N)C1CCOc2ccccc21. The van der Waals surface area contributed by atoms with E-state index in [1.54, 1.807) is 0 Å². The van der Waals surface area contributed by atoms with E-state index >= 15 is 0 Å².